The van der Waals surface area contributed by atoms with Crippen molar-refractivity contribution in [2.45, 2.75) is 32.9 Å². The molecular weight excluding hydrogens is 276 g/mol. The molecule has 1 amide bonds. The van der Waals surface area contributed by atoms with Gasteiger partial charge in [-0.3, -0.25) is 4.79 Å². The molecule has 1 atom stereocenters. The molecule has 20 heavy (non-hydrogen) atoms. The van der Waals surface area contributed by atoms with Crippen molar-refractivity contribution in [1.82, 2.24) is 9.88 Å². The van der Waals surface area contributed by atoms with Gasteiger partial charge < -0.3 is 14.4 Å². The van der Waals surface area contributed by atoms with Gasteiger partial charge in [0.15, 0.2) is 0 Å². The normalized spacial score (nSPS) is 12.7. The highest BCUT2D eigenvalue weighted by Gasteiger charge is 2.22. The number of hydrogen-bond donors (Lipinski definition) is 1. The largest absolute Gasteiger partial charge is 0.472 e. The smallest absolute Gasteiger partial charge is 0.273 e. The third-order valence-corrected chi connectivity index (χ3v) is 3.73. The number of carbonyl (C=O) groups excluding carboxylic acids is 1. The number of amides is 1. The van der Waals surface area contributed by atoms with Crippen molar-refractivity contribution in [3.63, 3.8) is 0 Å². The highest BCUT2D eigenvalue weighted by Crippen LogP contribution is 2.24. The van der Waals surface area contributed by atoms with Gasteiger partial charge in [0.05, 0.1) is 12.4 Å². The van der Waals surface area contributed by atoms with Crippen LogP contribution in [0.4, 0.5) is 0 Å². The van der Waals surface area contributed by atoms with E-state index in [9.17, 15) is 9.90 Å². The van der Waals surface area contributed by atoms with Crippen LogP contribution in [0.1, 0.15) is 31.3 Å². The van der Waals surface area contributed by atoms with E-state index in [1.54, 1.807) is 29.7 Å². The van der Waals surface area contributed by atoms with Crippen LogP contribution in [0.5, 0.6) is 0 Å². The second kappa shape index (κ2) is 6.19. The number of carbonyl (C=O) groups is 1. The molecule has 0 fully saturated rings. The van der Waals surface area contributed by atoms with Crippen LogP contribution in [-0.2, 0) is 0 Å². The second-order valence-corrected chi connectivity index (χ2v) is 5.81. The Morgan fingerprint density at radius 1 is 1.50 bits per heavy atom. The van der Waals surface area contributed by atoms with Crippen LogP contribution in [-0.4, -0.2) is 39.6 Å². The molecule has 0 saturated carbocycles. The molecule has 6 heteroatoms. The Hall–Kier alpha value is -1.66. The number of hydrogen-bond acceptors (Lipinski definition) is 5. The van der Waals surface area contributed by atoms with E-state index in [0.29, 0.717) is 12.2 Å². The Balaban J connectivity index is 2.19. The van der Waals surface area contributed by atoms with E-state index in [1.807, 2.05) is 19.9 Å². The Morgan fingerprint density at radius 2 is 2.25 bits per heavy atom. The van der Waals surface area contributed by atoms with Gasteiger partial charge in [0.1, 0.15) is 17.0 Å². The third kappa shape index (κ3) is 3.26. The Morgan fingerprint density at radius 3 is 2.80 bits per heavy atom. The van der Waals surface area contributed by atoms with Crippen LogP contribution < -0.4 is 0 Å². The summed E-state index contributed by atoms with van der Waals surface area (Å²) in [5.41, 5.74) is 1.27. The Bertz CT molecular complexity index is 561. The van der Waals surface area contributed by atoms with Gasteiger partial charge in [-0.15, -0.1) is 11.3 Å². The predicted molar refractivity (Wildman–Crippen MR) is 77.7 cm³/mol. The van der Waals surface area contributed by atoms with Crippen LogP contribution in [0.3, 0.4) is 0 Å². The lowest BCUT2D eigenvalue weighted by Gasteiger charge is -2.27. The molecule has 2 heterocycles. The molecule has 0 saturated heterocycles. The number of aliphatic hydroxyl groups excluding tert-OH is 1. The summed E-state index contributed by atoms with van der Waals surface area (Å²) in [5, 5.41) is 12.0. The molecule has 0 aliphatic heterocycles. The summed E-state index contributed by atoms with van der Waals surface area (Å²) >= 11 is 1.40. The fourth-order valence-electron chi connectivity index (χ4n) is 1.85. The van der Waals surface area contributed by atoms with Gasteiger partial charge in [0, 0.05) is 23.5 Å². The van der Waals surface area contributed by atoms with Crippen molar-refractivity contribution in [2.24, 2.45) is 0 Å². The minimum Gasteiger partial charge on any atom is -0.472 e. The molecule has 2 rings (SSSR count). The lowest BCUT2D eigenvalue weighted by molar-refractivity contribution is 0.0574. The average Bonchev–Trinajstić information content (AvgIpc) is 3.04. The highest BCUT2D eigenvalue weighted by atomic mass is 32.1. The Labute approximate surface area is 121 Å². The van der Waals surface area contributed by atoms with E-state index in [1.165, 1.54) is 11.3 Å². The minimum absolute atomic E-state index is 0.0103. The number of furan rings is 1. The molecule has 0 radical (unpaired) electrons. The first-order valence-corrected chi connectivity index (χ1v) is 7.34. The zero-order valence-corrected chi connectivity index (χ0v) is 12.6. The molecule has 108 valence electrons. The standard InChI is InChI=1S/C14H18N2O3S/c1-9(2)16(6-10(3)17)14(18)12-8-20-13(15-12)11-4-5-19-7-11/h4-5,7-10,17H,6H2,1-3H3. The molecule has 1 unspecified atom stereocenters. The number of thiazole rings is 1. The van der Waals surface area contributed by atoms with Crippen molar-refractivity contribution < 1.29 is 14.3 Å². The predicted octanol–water partition coefficient (Wildman–Crippen LogP) is 2.63. The van der Waals surface area contributed by atoms with Gasteiger partial charge in [-0.2, -0.15) is 0 Å². The van der Waals surface area contributed by atoms with E-state index < -0.39 is 6.10 Å². The van der Waals surface area contributed by atoms with Crippen LogP contribution >= 0.6 is 11.3 Å². The van der Waals surface area contributed by atoms with Gasteiger partial charge in [-0.05, 0) is 26.8 Å². The quantitative estimate of drug-likeness (QED) is 0.920. The van der Waals surface area contributed by atoms with Crippen LogP contribution in [0.2, 0.25) is 0 Å². The molecule has 1 N–H and O–H groups in total. The number of rotatable bonds is 5. The summed E-state index contributed by atoms with van der Waals surface area (Å²) in [6, 6.07) is 1.82. The van der Waals surface area contributed by atoms with Gasteiger partial charge in [-0.1, -0.05) is 0 Å². The SMILES string of the molecule is CC(O)CN(C(=O)c1csc(-c2ccoc2)n1)C(C)C. The summed E-state index contributed by atoms with van der Waals surface area (Å²) in [4.78, 5) is 18.4. The average molecular weight is 294 g/mol. The van der Waals surface area contributed by atoms with Crippen molar-refractivity contribution >= 4 is 17.2 Å². The summed E-state index contributed by atoms with van der Waals surface area (Å²) < 4.78 is 5.02. The Kier molecular flexibility index (Phi) is 4.57. The van der Waals surface area contributed by atoms with Crippen LogP contribution in [0.15, 0.2) is 28.4 Å². The highest BCUT2D eigenvalue weighted by molar-refractivity contribution is 7.13. The zero-order chi connectivity index (χ0) is 14.7. The molecule has 0 aromatic carbocycles. The first kappa shape index (κ1) is 14.7. The fourth-order valence-corrected chi connectivity index (χ4v) is 2.63. The number of aromatic nitrogens is 1. The zero-order valence-electron chi connectivity index (χ0n) is 11.7. The topological polar surface area (TPSA) is 66.6 Å². The molecule has 0 aliphatic rings. The molecule has 0 bridgehead atoms. The van der Waals surface area contributed by atoms with Gasteiger partial charge in [-0.25, -0.2) is 4.98 Å². The van der Waals surface area contributed by atoms with Crippen molar-refractivity contribution in [3.8, 4) is 10.6 Å². The lowest BCUT2D eigenvalue weighted by atomic mass is 10.2. The fraction of sp³-hybridized carbons (Fsp3) is 0.429. The first-order valence-electron chi connectivity index (χ1n) is 6.46. The first-order chi connectivity index (χ1) is 9.49. The summed E-state index contributed by atoms with van der Waals surface area (Å²) in [7, 11) is 0. The number of nitrogens with zero attached hydrogens (tertiary/aromatic N) is 2. The van der Waals surface area contributed by atoms with E-state index in [2.05, 4.69) is 4.98 Å². The maximum atomic E-state index is 12.4. The lowest BCUT2D eigenvalue weighted by Crippen LogP contribution is -2.41. The summed E-state index contributed by atoms with van der Waals surface area (Å²) in [5.74, 6) is -0.160. The summed E-state index contributed by atoms with van der Waals surface area (Å²) in [6.45, 7) is 5.81. The molecule has 5 nitrogen and oxygen atoms in total. The third-order valence-electron chi connectivity index (χ3n) is 2.84. The second-order valence-electron chi connectivity index (χ2n) is 4.95. The molecule has 0 aliphatic carbocycles. The van der Waals surface area contributed by atoms with Crippen LogP contribution in [0, 0.1) is 0 Å². The molecular formula is C14H18N2O3S. The maximum absolute atomic E-state index is 12.4. The van der Waals surface area contributed by atoms with Gasteiger partial charge >= 0.3 is 0 Å². The van der Waals surface area contributed by atoms with Crippen LogP contribution in [0.25, 0.3) is 10.6 Å². The molecule has 2 aromatic heterocycles. The summed E-state index contributed by atoms with van der Waals surface area (Å²) in [6.07, 6.45) is 2.61. The van der Waals surface area contributed by atoms with E-state index in [0.717, 1.165) is 10.6 Å². The molecule has 0 spiro atoms. The van der Waals surface area contributed by atoms with Crippen molar-refractivity contribution in [1.29, 1.82) is 0 Å². The molecule has 2 aromatic rings. The van der Waals surface area contributed by atoms with Gasteiger partial charge in [0.25, 0.3) is 5.91 Å². The maximum Gasteiger partial charge on any atom is 0.273 e. The van der Waals surface area contributed by atoms with Crippen molar-refractivity contribution in [3.05, 3.63) is 29.7 Å². The van der Waals surface area contributed by atoms with E-state index >= 15 is 0 Å². The number of aliphatic hydroxyl groups is 1. The van der Waals surface area contributed by atoms with Crippen molar-refractivity contribution in [2.75, 3.05) is 6.54 Å². The van der Waals surface area contributed by atoms with Gasteiger partial charge in [0.2, 0.25) is 0 Å². The minimum atomic E-state index is -0.562. The van der Waals surface area contributed by atoms with E-state index in [-0.39, 0.29) is 11.9 Å². The van der Waals surface area contributed by atoms with E-state index in [4.69, 9.17) is 4.42 Å². The monoisotopic (exact) mass is 294 g/mol.